The van der Waals surface area contributed by atoms with Gasteiger partial charge in [-0.25, -0.2) is 0 Å². The second kappa shape index (κ2) is 25.6. The van der Waals surface area contributed by atoms with Gasteiger partial charge in [-0.05, 0) is 369 Å². The Morgan fingerprint density at radius 2 is 0.479 bits per heavy atom. The highest BCUT2D eigenvalue weighted by Gasteiger charge is 2.52. The number of anilines is 6. The van der Waals surface area contributed by atoms with Crippen molar-refractivity contribution >= 4 is 34.1 Å². The first kappa shape index (κ1) is 67.5. The first-order valence-corrected chi connectivity index (χ1v) is 43.2. The molecule has 0 N–H and O–H groups in total. The molecule has 1 unspecified atom stereocenters. The molecule has 16 aromatic rings. The summed E-state index contributed by atoms with van der Waals surface area (Å²) in [5.41, 5.74) is 53.4. The minimum atomic E-state index is -0.687. The predicted octanol–water partition coefficient (Wildman–Crippen LogP) is 27.2. The lowest BCUT2D eigenvalue weighted by Gasteiger charge is -2.38. The van der Waals surface area contributed by atoms with Crippen molar-refractivity contribution in [3.63, 3.8) is 0 Å². The standard InChI is InChI=1S/C115H88N2/c1-3-71(2)80-40-55-103-104-57-42-88(68-110(104)114(108(103)66-80,91-45-32-74-20-26-83(74)62-91)92-46-33-75-21-27-84(75)63-92)79-38-51-98(52-39-79)117(96-14-8-5-9-15-96)100-54-59-106-105-58-53-99(69-111(105)115(112(106)70-100,93-47-34-76-22-28-85(76)64-93)94-48-35-77-23-29-86(77)65-94)116(95-12-6-4-7-13-95)97-49-36-78(37-50-97)87-41-56-102-101-16-10-11-17-107(101)113(109(102)67-87,89-43-30-72-18-24-81(72)60-89)90-44-31-73-19-25-82(73)61-90/h4-17,30-71H,3,18-29H2,1-2H3. The summed E-state index contributed by atoms with van der Waals surface area (Å²) in [6.45, 7) is 4.73. The van der Waals surface area contributed by atoms with Gasteiger partial charge in [-0.15, -0.1) is 0 Å². The van der Waals surface area contributed by atoms with Gasteiger partial charge in [0, 0.05) is 34.1 Å². The topological polar surface area (TPSA) is 6.48 Å². The molecule has 0 saturated carbocycles. The lowest BCUT2D eigenvalue weighted by atomic mass is 9.65. The summed E-state index contributed by atoms with van der Waals surface area (Å²) < 4.78 is 0. The van der Waals surface area contributed by atoms with Crippen molar-refractivity contribution in [3.8, 4) is 55.6 Å². The quantitative estimate of drug-likeness (QED) is 0.0951. The minimum Gasteiger partial charge on any atom is -0.310 e. The van der Waals surface area contributed by atoms with Crippen LogP contribution in [0, 0.1) is 0 Å². The number of nitrogens with zero attached hydrogens (tertiary/aromatic N) is 2. The molecule has 0 fully saturated rings. The summed E-state index contributed by atoms with van der Waals surface area (Å²) in [7, 11) is 0. The van der Waals surface area contributed by atoms with Crippen molar-refractivity contribution in [1.29, 1.82) is 0 Å². The Morgan fingerprint density at radius 3 is 0.812 bits per heavy atom. The number of aryl methyl sites for hydroxylation is 12. The third-order valence-electron chi connectivity index (χ3n) is 29.8. The zero-order valence-corrected chi connectivity index (χ0v) is 66.4. The van der Waals surface area contributed by atoms with E-state index in [1.54, 1.807) is 0 Å². The molecule has 2 heteroatoms. The van der Waals surface area contributed by atoms with Crippen molar-refractivity contribution in [2.75, 3.05) is 9.80 Å². The highest BCUT2D eigenvalue weighted by atomic mass is 15.1. The molecule has 558 valence electrons. The monoisotopic (exact) mass is 1500 g/mol. The molecule has 0 heterocycles. The lowest BCUT2D eigenvalue weighted by molar-refractivity contribution is 0.716. The molecule has 9 aliphatic rings. The number of rotatable bonds is 16. The lowest BCUT2D eigenvalue weighted by Crippen LogP contribution is -2.31. The van der Waals surface area contributed by atoms with Gasteiger partial charge in [-0.1, -0.05) is 263 Å². The fourth-order valence-corrected chi connectivity index (χ4v) is 22.7. The second-order valence-electron chi connectivity index (χ2n) is 35.2. The van der Waals surface area contributed by atoms with Crippen LogP contribution in [0.1, 0.15) is 165 Å². The highest BCUT2D eigenvalue weighted by molar-refractivity contribution is 5.95. The Balaban J connectivity index is 0.619. The van der Waals surface area contributed by atoms with E-state index >= 15 is 0 Å². The molecule has 0 aliphatic heterocycles. The molecule has 0 radical (unpaired) electrons. The summed E-state index contributed by atoms with van der Waals surface area (Å²) in [6, 6.07) is 133. The average Bonchev–Trinajstić information content (AvgIpc) is 1.53. The maximum Gasteiger partial charge on any atom is 0.0715 e. The van der Waals surface area contributed by atoms with Crippen LogP contribution in [0.15, 0.2) is 334 Å². The van der Waals surface area contributed by atoms with E-state index in [1.807, 2.05) is 0 Å². The summed E-state index contributed by atoms with van der Waals surface area (Å²) in [5.74, 6) is 0.450. The van der Waals surface area contributed by atoms with Gasteiger partial charge < -0.3 is 9.80 Å². The van der Waals surface area contributed by atoms with E-state index in [9.17, 15) is 0 Å². The van der Waals surface area contributed by atoms with Crippen molar-refractivity contribution in [2.45, 2.75) is 119 Å². The SMILES string of the molecule is CCC(C)c1ccc2c(c1)C(c1ccc3c(c1)CC3)(c1ccc3c(c1)CC3)c1cc(-c3ccc(N(c4ccccc4)c4ccc5c(c4)C(c4ccc6c(c4)CC6)(c4ccc6c(c4)CC6)c4cc(N(c6ccccc6)c6ccc(-c7ccc8c(c7)C(c7ccc9c(c7)CC9)(c7ccc9c(c7)CC9)c7ccccc7-8)cc6)ccc4-5)cc3)ccc1-2. The van der Waals surface area contributed by atoms with E-state index < -0.39 is 16.2 Å². The van der Waals surface area contributed by atoms with Crippen LogP contribution in [0.4, 0.5) is 34.1 Å². The maximum atomic E-state index is 2.60. The van der Waals surface area contributed by atoms with Crippen molar-refractivity contribution in [1.82, 2.24) is 0 Å². The Hall–Kier alpha value is -12.9. The summed E-state index contributed by atoms with van der Waals surface area (Å²) >= 11 is 0. The minimum absolute atomic E-state index is 0.450. The second-order valence-corrected chi connectivity index (χ2v) is 35.2. The van der Waals surface area contributed by atoms with Crippen molar-refractivity contribution in [3.05, 3.63) is 473 Å². The number of fused-ring (bicyclic) bond motifs is 15. The van der Waals surface area contributed by atoms with Crippen LogP contribution in [0.25, 0.3) is 55.6 Å². The van der Waals surface area contributed by atoms with Crippen molar-refractivity contribution < 1.29 is 0 Å². The Bertz CT molecular complexity index is 6720. The average molecular weight is 1500 g/mol. The first-order chi connectivity index (χ1) is 57.7. The van der Waals surface area contributed by atoms with Gasteiger partial charge in [0.25, 0.3) is 0 Å². The molecular formula is C115H88N2. The zero-order chi connectivity index (χ0) is 77.0. The Morgan fingerprint density at radius 1 is 0.214 bits per heavy atom. The first-order valence-electron chi connectivity index (χ1n) is 43.2. The summed E-state index contributed by atoms with van der Waals surface area (Å²) in [5, 5.41) is 0. The van der Waals surface area contributed by atoms with Crippen molar-refractivity contribution in [2.24, 2.45) is 0 Å². The van der Waals surface area contributed by atoms with Crippen LogP contribution in [0.3, 0.4) is 0 Å². The maximum absolute atomic E-state index is 2.60. The van der Waals surface area contributed by atoms with Gasteiger partial charge in [-0.3, -0.25) is 0 Å². The van der Waals surface area contributed by atoms with Crippen LogP contribution in [-0.4, -0.2) is 0 Å². The third kappa shape index (κ3) is 9.73. The zero-order valence-electron chi connectivity index (χ0n) is 66.4. The third-order valence-corrected chi connectivity index (χ3v) is 29.8. The van der Waals surface area contributed by atoms with Crippen LogP contribution in [-0.2, 0) is 93.3 Å². The largest absolute Gasteiger partial charge is 0.310 e. The number of hydrogen-bond donors (Lipinski definition) is 0. The van der Waals surface area contributed by atoms with Crippen LogP contribution < -0.4 is 9.80 Å². The molecule has 0 bridgehead atoms. The molecule has 0 saturated heterocycles. The van der Waals surface area contributed by atoms with Gasteiger partial charge in [0.2, 0.25) is 0 Å². The van der Waals surface area contributed by atoms with Gasteiger partial charge in [0.05, 0.1) is 16.2 Å². The van der Waals surface area contributed by atoms with Gasteiger partial charge in [0.15, 0.2) is 0 Å². The molecule has 9 aliphatic carbocycles. The molecule has 0 spiro atoms. The Kier molecular flexibility index (Phi) is 14.7. The fourth-order valence-electron chi connectivity index (χ4n) is 22.7. The molecular weight excluding hydrogens is 1410 g/mol. The highest BCUT2D eigenvalue weighted by Crippen LogP contribution is 2.63. The summed E-state index contributed by atoms with van der Waals surface area (Å²) in [4.78, 5) is 5.01. The van der Waals surface area contributed by atoms with Gasteiger partial charge >= 0.3 is 0 Å². The smallest absolute Gasteiger partial charge is 0.0715 e. The number of benzene rings is 16. The van der Waals surface area contributed by atoms with Crippen LogP contribution in [0.5, 0.6) is 0 Å². The number of hydrogen-bond acceptors (Lipinski definition) is 2. The number of para-hydroxylation sites is 2. The van der Waals surface area contributed by atoms with E-state index in [0.29, 0.717) is 5.92 Å². The molecule has 0 aromatic heterocycles. The van der Waals surface area contributed by atoms with Crippen LogP contribution >= 0.6 is 0 Å². The molecule has 0 amide bonds. The molecule has 1 atom stereocenters. The van der Waals surface area contributed by atoms with Gasteiger partial charge in [-0.2, -0.15) is 0 Å². The summed E-state index contributed by atoms with van der Waals surface area (Å²) in [6.07, 6.45) is 14.7. The molecule has 25 rings (SSSR count). The van der Waals surface area contributed by atoms with E-state index in [4.69, 9.17) is 0 Å². The van der Waals surface area contributed by atoms with E-state index in [1.165, 1.54) is 208 Å². The fraction of sp³-hybridized carbons (Fsp3) is 0.165. The van der Waals surface area contributed by atoms with E-state index in [0.717, 1.165) is 105 Å². The van der Waals surface area contributed by atoms with Crippen LogP contribution in [0.2, 0.25) is 0 Å². The normalized spacial score (nSPS) is 15.9. The van der Waals surface area contributed by atoms with Gasteiger partial charge in [0.1, 0.15) is 0 Å². The molecule has 2 nitrogen and oxygen atoms in total. The predicted molar refractivity (Wildman–Crippen MR) is 482 cm³/mol. The van der Waals surface area contributed by atoms with E-state index in [-0.39, 0.29) is 0 Å². The van der Waals surface area contributed by atoms with E-state index in [2.05, 4.69) is 357 Å². The Labute approximate surface area is 687 Å². The molecule has 117 heavy (non-hydrogen) atoms. The molecule has 16 aromatic carbocycles.